The van der Waals surface area contributed by atoms with Gasteiger partial charge < -0.3 is 24.8 Å². The first kappa shape index (κ1) is 28.6. The van der Waals surface area contributed by atoms with Crippen molar-refractivity contribution in [1.82, 2.24) is 20.1 Å². The van der Waals surface area contributed by atoms with Crippen molar-refractivity contribution in [3.05, 3.63) is 108 Å². The zero-order valence-electron chi connectivity index (χ0n) is 23.5. The predicted molar refractivity (Wildman–Crippen MR) is 159 cm³/mol. The molecule has 9 nitrogen and oxygen atoms in total. The van der Waals surface area contributed by atoms with Gasteiger partial charge in [-0.2, -0.15) is 0 Å². The molecule has 3 amide bonds. The van der Waals surface area contributed by atoms with Crippen LogP contribution in [0.4, 0.5) is 4.79 Å². The van der Waals surface area contributed by atoms with Gasteiger partial charge in [0.2, 0.25) is 0 Å². The highest BCUT2D eigenvalue weighted by Gasteiger charge is 2.37. The zero-order chi connectivity index (χ0) is 29.5. The second-order valence-electron chi connectivity index (χ2n) is 10.5. The fourth-order valence-electron chi connectivity index (χ4n) is 5.29. The van der Waals surface area contributed by atoms with Crippen LogP contribution in [0.3, 0.4) is 0 Å². The van der Waals surface area contributed by atoms with Gasteiger partial charge in [0.05, 0.1) is 12.6 Å². The molecule has 1 aliphatic rings. The lowest BCUT2D eigenvalue weighted by atomic mass is 10.0. The Bertz CT molecular complexity index is 1550. The molecule has 42 heavy (non-hydrogen) atoms. The van der Waals surface area contributed by atoms with Gasteiger partial charge in [-0.25, -0.2) is 9.59 Å². The molecule has 5 rings (SSSR count). The maximum atomic E-state index is 13.6. The summed E-state index contributed by atoms with van der Waals surface area (Å²) in [5.74, 6) is -1.15. The molecule has 0 aliphatic carbocycles. The van der Waals surface area contributed by atoms with Gasteiger partial charge in [-0.15, -0.1) is 0 Å². The Morgan fingerprint density at radius 2 is 1.67 bits per heavy atom. The number of urea groups is 1. The fourth-order valence-corrected chi connectivity index (χ4v) is 5.29. The number of ketones is 1. The second kappa shape index (κ2) is 13.2. The van der Waals surface area contributed by atoms with Crippen molar-refractivity contribution in [2.24, 2.45) is 0 Å². The standard InChI is InChI=1S/C33H34N4O5/c1-36(33(41)37-18-10-17-29(37)32(40)42-22-23-11-4-2-5-12-23)21-30(38)28(35-31(39)24-13-6-3-7-14-24)19-25-20-34-27-16-9-8-15-26(25)27/h2-9,11-16,20,28-29,34H,10,17-19,21-22H2,1H3,(H,35,39)/t28?,29-/m0/s1. The number of likely N-dealkylation sites (N-methyl/N-ethyl adjacent to an activating group) is 1. The number of ether oxygens (including phenoxy) is 1. The minimum absolute atomic E-state index is 0.128. The molecule has 4 aromatic rings. The van der Waals surface area contributed by atoms with Crippen LogP contribution in [0.5, 0.6) is 0 Å². The summed E-state index contributed by atoms with van der Waals surface area (Å²) in [5.41, 5.74) is 3.11. The first-order valence-electron chi connectivity index (χ1n) is 14.1. The van der Waals surface area contributed by atoms with Gasteiger partial charge in [0.15, 0.2) is 5.78 Å². The van der Waals surface area contributed by atoms with Gasteiger partial charge in [-0.05, 0) is 42.2 Å². The average molecular weight is 567 g/mol. The Hall–Kier alpha value is -4.92. The summed E-state index contributed by atoms with van der Waals surface area (Å²) in [7, 11) is 1.53. The highest BCUT2D eigenvalue weighted by Crippen LogP contribution is 2.22. The van der Waals surface area contributed by atoms with Crippen molar-refractivity contribution >= 4 is 34.6 Å². The van der Waals surface area contributed by atoms with Crippen molar-refractivity contribution in [3.8, 4) is 0 Å². The molecule has 0 spiro atoms. The third kappa shape index (κ3) is 6.68. The van der Waals surface area contributed by atoms with Crippen LogP contribution in [-0.2, 0) is 27.4 Å². The van der Waals surface area contributed by atoms with E-state index in [0.717, 1.165) is 22.0 Å². The highest BCUT2D eigenvalue weighted by molar-refractivity contribution is 5.99. The molecule has 2 N–H and O–H groups in total. The number of carbonyl (C=O) groups excluding carboxylic acids is 4. The first-order valence-corrected chi connectivity index (χ1v) is 14.1. The summed E-state index contributed by atoms with van der Waals surface area (Å²) in [6.45, 7) is 0.290. The van der Waals surface area contributed by atoms with Crippen LogP contribution in [0, 0.1) is 0 Å². The number of carbonyl (C=O) groups is 4. The Morgan fingerprint density at radius 3 is 2.43 bits per heavy atom. The number of H-pyrrole nitrogens is 1. The van der Waals surface area contributed by atoms with Crippen LogP contribution in [-0.4, -0.2) is 70.7 Å². The van der Waals surface area contributed by atoms with Crippen LogP contribution in [0.25, 0.3) is 10.9 Å². The maximum absolute atomic E-state index is 13.6. The summed E-state index contributed by atoms with van der Waals surface area (Å²) < 4.78 is 5.50. The Kier molecular flexibility index (Phi) is 8.96. The van der Waals surface area contributed by atoms with Crippen molar-refractivity contribution in [2.45, 2.75) is 38.0 Å². The molecule has 9 heteroatoms. The lowest BCUT2D eigenvalue weighted by Crippen LogP contribution is -2.51. The van der Waals surface area contributed by atoms with Crippen LogP contribution in [0.2, 0.25) is 0 Å². The van der Waals surface area contributed by atoms with E-state index in [-0.39, 0.29) is 31.3 Å². The number of nitrogens with zero attached hydrogens (tertiary/aromatic N) is 2. The minimum Gasteiger partial charge on any atom is -0.459 e. The van der Waals surface area contributed by atoms with Gasteiger partial charge in [-0.3, -0.25) is 9.59 Å². The van der Waals surface area contributed by atoms with Crippen molar-refractivity contribution in [3.63, 3.8) is 0 Å². The maximum Gasteiger partial charge on any atom is 0.329 e. The van der Waals surface area contributed by atoms with E-state index < -0.39 is 24.1 Å². The Balaban J connectivity index is 1.26. The summed E-state index contributed by atoms with van der Waals surface area (Å²) in [6.07, 6.45) is 3.25. The topological polar surface area (TPSA) is 112 Å². The predicted octanol–water partition coefficient (Wildman–Crippen LogP) is 4.34. The Labute approximate surface area is 244 Å². The lowest BCUT2D eigenvalue weighted by Gasteiger charge is -2.29. The number of likely N-dealkylation sites (tertiary alicyclic amines) is 1. The molecule has 0 bridgehead atoms. The zero-order valence-corrected chi connectivity index (χ0v) is 23.5. The smallest absolute Gasteiger partial charge is 0.329 e. The van der Waals surface area contributed by atoms with E-state index in [1.165, 1.54) is 16.8 Å². The van der Waals surface area contributed by atoms with Crippen LogP contribution >= 0.6 is 0 Å². The van der Waals surface area contributed by atoms with E-state index in [9.17, 15) is 19.2 Å². The first-order chi connectivity index (χ1) is 20.4. The summed E-state index contributed by atoms with van der Waals surface area (Å²) in [6, 6.07) is 23.8. The van der Waals surface area contributed by atoms with Crippen LogP contribution in [0.15, 0.2) is 91.1 Å². The quantitative estimate of drug-likeness (QED) is 0.278. The highest BCUT2D eigenvalue weighted by atomic mass is 16.5. The molecule has 1 aromatic heterocycles. The summed E-state index contributed by atoms with van der Waals surface area (Å²) in [4.78, 5) is 59.0. The van der Waals surface area contributed by atoms with E-state index >= 15 is 0 Å². The van der Waals surface area contributed by atoms with Crippen molar-refractivity contribution < 1.29 is 23.9 Å². The van der Waals surface area contributed by atoms with E-state index in [0.29, 0.717) is 24.9 Å². The molecule has 1 saturated heterocycles. The molecule has 3 aromatic carbocycles. The second-order valence-corrected chi connectivity index (χ2v) is 10.5. The van der Waals surface area contributed by atoms with E-state index in [1.54, 1.807) is 24.3 Å². The SMILES string of the molecule is CN(CC(=O)C(Cc1c[nH]c2ccccc12)NC(=O)c1ccccc1)C(=O)N1CCC[C@H]1C(=O)OCc1ccccc1. The number of amides is 3. The van der Waals surface area contributed by atoms with Crippen LogP contribution < -0.4 is 5.32 Å². The van der Waals surface area contributed by atoms with Crippen LogP contribution in [0.1, 0.15) is 34.3 Å². The third-order valence-corrected chi connectivity index (χ3v) is 7.54. The number of Topliss-reactive ketones (excluding diaryl/α,β-unsaturated/α-hetero) is 1. The number of para-hydroxylation sites is 1. The number of hydrogen-bond donors (Lipinski definition) is 2. The molecular weight excluding hydrogens is 532 g/mol. The van der Waals surface area contributed by atoms with E-state index in [4.69, 9.17) is 4.74 Å². The molecule has 1 unspecified atom stereocenters. The number of rotatable bonds is 10. The minimum atomic E-state index is -0.877. The van der Waals surface area contributed by atoms with Crippen molar-refractivity contribution in [2.75, 3.05) is 20.1 Å². The normalized spacial score (nSPS) is 15.3. The number of fused-ring (bicyclic) bond motifs is 1. The Morgan fingerprint density at radius 1 is 0.976 bits per heavy atom. The fraction of sp³-hybridized carbons (Fsp3) is 0.273. The molecule has 216 valence electrons. The van der Waals surface area contributed by atoms with Gasteiger partial charge in [0.1, 0.15) is 12.6 Å². The van der Waals surface area contributed by atoms with Crippen molar-refractivity contribution in [1.29, 1.82) is 0 Å². The third-order valence-electron chi connectivity index (χ3n) is 7.54. The number of nitrogens with one attached hydrogen (secondary N) is 2. The lowest BCUT2D eigenvalue weighted by molar-refractivity contribution is -0.149. The van der Waals surface area contributed by atoms with Gasteiger partial charge in [0, 0.05) is 42.7 Å². The number of aromatic nitrogens is 1. The molecule has 1 fully saturated rings. The molecule has 2 heterocycles. The summed E-state index contributed by atoms with van der Waals surface area (Å²) >= 11 is 0. The van der Waals surface area contributed by atoms with E-state index in [2.05, 4.69) is 10.3 Å². The van der Waals surface area contributed by atoms with E-state index in [1.807, 2.05) is 66.9 Å². The number of hydrogen-bond acceptors (Lipinski definition) is 5. The monoisotopic (exact) mass is 566 g/mol. The largest absolute Gasteiger partial charge is 0.459 e. The number of benzene rings is 3. The number of aromatic amines is 1. The number of esters is 1. The van der Waals surface area contributed by atoms with Gasteiger partial charge in [0.25, 0.3) is 5.91 Å². The average Bonchev–Trinajstić information content (AvgIpc) is 3.68. The molecule has 1 aliphatic heterocycles. The summed E-state index contributed by atoms with van der Waals surface area (Å²) in [5, 5.41) is 3.84. The molecule has 0 saturated carbocycles. The molecule has 2 atom stereocenters. The van der Waals surface area contributed by atoms with Gasteiger partial charge in [-0.1, -0.05) is 66.7 Å². The molecule has 0 radical (unpaired) electrons. The molecular formula is C33H34N4O5. The van der Waals surface area contributed by atoms with Gasteiger partial charge >= 0.3 is 12.0 Å².